The highest BCUT2D eigenvalue weighted by atomic mass is 16.6. The maximum absolute atomic E-state index is 12.8. The lowest BCUT2D eigenvalue weighted by Crippen LogP contribution is -2.51. The highest BCUT2D eigenvalue weighted by molar-refractivity contribution is 6.03. The Kier molecular flexibility index (Phi) is 22.6. The van der Waals surface area contributed by atoms with Crippen LogP contribution in [0.4, 0.5) is 15.3 Å². The zero-order chi connectivity index (χ0) is 43.2. The van der Waals surface area contributed by atoms with Gasteiger partial charge in [-0.2, -0.15) is 0 Å². The molecule has 2 rings (SSSR count). The molecule has 9 amide bonds. The van der Waals surface area contributed by atoms with Gasteiger partial charge >= 0.3 is 12.1 Å². The minimum atomic E-state index is -0.826. The van der Waals surface area contributed by atoms with Gasteiger partial charge in [-0.25, -0.2) is 9.59 Å². The lowest BCUT2D eigenvalue weighted by molar-refractivity contribution is -0.140. The number of amides is 9. The topological polar surface area (TPSA) is 230 Å². The van der Waals surface area contributed by atoms with Crippen molar-refractivity contribution in [3.05, 3.63) is 29.8 Å². The molecule has 1 aliphatic heterocycles. The first-order valence-corrected chi connectivity index (χ1v) is 19.7. The Morgan fingerprint density at radius 1 is 0.877 bits per heavy atom. The van der Waals surface area contributed by atoms with E-state index in [2.05, 4.69) is 21.3 Å². The molecule has 0 aliphatic carbocycles. The smallest absolute Gasteiger partial charge is 0.409 e. The summed E-state index contributed by atoms with van der Waals surface area (Å²) in [5, 5.41) is 10.5. The molecule has 57 heavy (non-hydrogen) atoms. The van der Waals surface area contributed by atoms with E-state index in [9.17, 15) is 38.4 Å². The number of nitrogens with two attached hydrogens (primary N) is 1. The number of nitrogens with one attached hydrogen (secondary N) is 4. The second-order valence-corrected chi connectivity index (χ2v) is 15.2. The number of nitrogens with zero attached hydrogens (tertiary/aromatic N) is 3. The number of urea groups is 1. The summed E-state index contributed by atoms with van der Waals surface area (Å²) in [5.41, 5.74) is 5.92. The van der Waals surface area contributed by atoms with Crippen molar-refractivity contribution in [3.8, 4) is 0 Å². The third kappa shape index (κ3) is 19.0. The normalized spacial score (nSPS) is 14.1. The van der Waals surface area contributed by atoms with Crippen LogP contribution in [0.2, 0.25) is 0 Å². The average Bonchev–Trinajstić information content (AvgIpc) is 3.45. The lowest BCUT2D eigenvalue weighted by Gasteiger charge is -2.23. The molecule has 0 bridgehead atoms. The van der Waals surface area contributed by atoms with Crippen molar-refractivity contribution >= 4 is 53.3 Å². The molecule has 0 spiro atoms. The maximum Gasteiger partial charge on any atom is 0.409 e. The summed E-state index contributed by atoms with van der Waals surface area (Å²) in [6.07, 6.45) is 2.66. The summed E-state index contributed by atoms with van der Waals surface area (Å²) in [5.74, 6) is -1.96. The Balaban J connectivity index is 0.00000211. The number of likely N-dealkylation sites (tertiary alicyclic amines) is 1. The summed E-state index contributed by atoms with van der Waals surface area (Å²) in [4.78, 5) is 101. The number of imide groups is 1. The standard InChI is InChI=1S/C36H56N6O8.C4H10N2O/c1-23(2)28-20-31(45)42(35(28)48)17-11-9-10-12-29(43)39-32(24(3)4)33(46)37-21-30(44)38-27-15-13-26(14-16-27)22-50-36(49)41(8)19-18-40(7)34(47)25(5)6;1-2-3-6-4(5)7/h13-16,23-25,28,32H,9-12,17-22H2,1-8H3,(H,37,46)(H,38,44)(H,39,43);2-3H2,1H3,(H3,5,6,7). The van der Waals surface area contributed by atoms with E-state index in [1.165, 1.54) is 9.80 Å². The van der Waals surface area contributed by atoms with Crippen LogP contribution in [0.3, 0.4) is 0 Å². The zero-order valence-corrected chi connectivity index (χ0v) is 35.3. The third-order valence-electron chi connectivity index (χ3n) is 9.16. The van der Waals surface area contributed by atoms with Gasteiger partial charge < -0.3 is 41.5 Å². The second kappa shape index (κ2) is 25.8. The van der Waals surface area contributed by atoms with Crippen molar-refractivity contribution in [2.75, 3.05) is 52.1 Å². The van der Waals surface area contributed by atoms with Crippen LogP contribution in [0.1, 0.15) is 92.6 Å². The van der Waals surface area contributed by atoms with Gasteiger partial charge in [0.25, 0.3) is 0 Å². The van der Waals surface area contributed by atoms with Crippen LogP contribution in [-0.2, 0) is 40.1 Å². The SMILES string of the molecule is CC(C)C(=O)N(C)CCN(C)C(=O)OCc1ccc(NC(=O)CNC(=O)C(NC(=O)CCCCCN2C(=O)CC(C(C)C)C2=O)C(C)C)cc1.CCCNC(N)=O. The highest BCUT2D eigenvalue weighted by Crippen LogP contribution is 2.26. The predicted octanol–water partition coefficient (Wildman–Crippen LogP) is 3.22. The average molecular weight is 803 g/mol. The first kappa shape index (κ1) is 49.8. The fourth-order valence-electron chi connectivity index (χ4n) is 5.59. The van der Waals surface area contributed by atoms with E-state index in [1.807, 2.05) is 34.6 Å². The highest BCUT2D eigenvalue weighted by Gasteiger charge is 2.39. The van der Waals surface area contributed by atoms with Gasteiger partial charge in [0.05, 0.1) is 6.54 Å². The maximum atomic E-state index is 12.8. The van der Waals surface area contributed by atoms with E-state index >= 15 is 0 Å². The molecular formula is C40H66N8O9. The minimum absolute atomic E-state index is 0.00120. The number of primary amides is 1. The van der Waals surface area contributed by atoms with Crippen LogP contribution < -0.4 is 27.0 Å². The van der Waals surface area contributed by atoms with Crippen LogP contribution in [0.15, 0.2) is 24.3 Å². The predicted molar refractivity (Wildman–Crippen MR) is 216 cm³/mol. The van der Waals surface area contributed by atoms with Crippen LogP contribution in [0.5, 0.6) is 0 Å². The van der Waals surface area contributed by atoms with Crippen molar-refractivity contribution in [1.29, 1.82) is 0 Å². The van der Waals surface area contributed by atoms with E-state index < -0.39 is 30.0 Å². The Morgan fingerprint density at radius 3 is 2.04 bits per heavy atom. The molecule has 2 unspecified atom stereocenters. The first-order valence-electron chi connectivity index (χ1n) is 19.7. The molecule has 1 aliphatic rings. The Bertz CT molecular complexity index is 1500. The molecule has 0 radical (unpaired) electrons. The minimum Gasteiger partial charge on any atom is -0.445 e. The second-order valence-electron chi connectivity index (χ2n) is 15.2. The Hall–Kier alpha value is -5.22. The van der Waals surface area contributed by atoms with Crippen LogP contribution in [0, 0.1) is 23.7 Å². The number of likely N-dealkylation sites (N-methyl/N-ethyl adjacent to an activating group) is 2. The number of carbonyl (C=O) groups is 8. The quantitative estimate of drug-likeness (QED) is 0.0907. The van der Waals surface area contributed by atoms with Crippen molar-refractivity contribution in [3.63, 3.8) is 0 Å². The molecule has 17 nitrogen and oxygen atoms in total. The van der Waals surface area contributed by atoms with Crippen LogP contribution >= 0.6 is 0 Å². The number of hydrogen-bond acceptors (Lipinski definition) is 9. The molecule has 1 aromatic carbocycles. The number of carbonyl (C=O) groups excluding carboxylic acids is 8. The summed E-state index contributed by atoms with van der Waals surface area (Å²) >= 11 is 0. The molecular weight excluding hydrogens is 736 g/mol. The lowest BCUT2D eigenvalue weighted by atomic mass is 9.94. The van der Waals surface area contributed by atoms with Gasteiger partial charge in [-0.1, -0.05) is 67.0 Å². The molecule has 0 aromatic heterocycles. The van der Waals surface area contributed by atoms with Crippen molar-refractivity contribution in [2.45, 2.75) is 99.6 Å². The Morgan fingerprint density at radius 2 is 1.51 bits per heavy atom. The van der Waals surface area contributed by atoms with E-state index in [4.69, 9.17) is 10.5 Å². The van der Waals surface area contributed by atoms with E-state index in [1.54, 1.807) is 57.1 Å². The van der Waals surface area contributed by atoms with Crippen molar-refractivity contribution < 1.29 is 43.1 Å². The van der Waals surface area contributed by atoms with Crippen molar-refractivity contribution in [1.82, 2.24) is 30.7 Å². The van der Waals surface area contributed by atoms with Crippen LogP contribution in [-0.4, -0.2) is 115 Å². The Labute approximate surface area is 337 Å². The van der Waals surface area contributed by atoms with E-state index in [0.29, 0.717) is 56.7 Å². The molecule has 17 heteroatoms. The van der Waals surface area contributed by atoms with Gasteiger partial charge in [0.2, 0.25) is 35.4 Å². The van der Waals surface area contributed by atoms with Gasteiger partial charge in [-0.05, 0) is 48.8 Å². The summed E-state index contributed by atoms with van der Waals surface area (Å²) < 4.78 is 5.35. The monoisotopic (exact) mass is 802 g/mol. The van der Waals surface area contributed by atoms with Gasteiger partial charge in [0, 0.05) is 70.6 Å². The molecule has 0 saturated carbocycles. The summed E-state index contributed by atoms with van der Waals surface area (Å²) in [6, 6.07) is 5.44. The number of rotatable bonds is 21. The molecule has 6 N–H and O–H groups in total. The number of benzene rings is 1. The number of unbranched alkanes of at least 4 members (excludes halogenated alkanes) is 2. The van der Waals surface area contributed by atoms with Gasteiger partial charge in [-0.3, -0.25) is 33.7 Å². The summed E-state index contributed by atoms with van der Waals surface area (Å²) in [7, 11) is 3.29. The zero-order valence-electron chi connectivity index (χ0n) is 35.3. The van der Waals surface area contributed by atoms with E-state index in [-0.39, 0.29) is 73.3 Å². The fraction of sp³-hybridized carbons (Fsp3) is 0.650. The number of hydrogen-bond donors (Lipinski definition) is 5. The molecule has 2 atom stereocenters. The number of anilines is 1. The fourth-order valence-corrected chi connectivity index (χ4v) is 5.59. The van der Waals surface area contributed by atoms with Gasteiger partial charge in [-0.15, -0.1) is 0 Å². The molecule has 1 aromatic rings. The largest absolute Gasteiger partial charge is 0.445 e. The van der Waals surface area contributed by atoms with Crippen LogP contribution in [0.25, 0.3) is 0 Å². The summed E-state index contributed by atoms with van der Waals surface area (Å²) in [6.45, 7) is 14.5. The van der Waals surface area contributed by atoms with Crippen molar-refractivity contribution in [2.24, 2.45) is 29.4 Å². The molecule has 1 saturated heterocycles. The third-order valence-corrected chi connectivity index (χ3v) is 9.16. The molecule has 320 valence electrons. The van der Waals surface area contributed by atoms with E-state index in [0.717, 1.165) is 6.42 Å². The molecule has 1 fully saturated rings. The van der Waals surface area contributed by atoms with Gasteiger partial charge in [0.15, 0.2) is 0 Å². The van der Waals surface area contributed by atoms with Gasteiger partial charge in [0.1, 0.15) is 12.6 Å². The molecule has 1 heterocycles. The number of ether oxygens (including phenoxy) is 1. The first-order chi connectivity index (χ1) is 26.8.